The molecule has 1 fully saturated rings. The van der Waals surface area contributed by atoms with Crippen molar-refractivity contribution in [3.05, 3.63) is 21.9 Å². The molecule has 98 valence electrons. The Bertz CT molecular complexity index is 437. The standard InChI is InChI=1S/C15H21NOS/c1-12(2)10-16(13-5-6-13)11-15-8-7-14(18-15)4-3-9-17/h7-8,12-13,17H,5-6,9-11H2,1-2H3. The molecular formula is C15H21NOS. The van der Waals surface area contributed by atoms with Crippen molar-refractivity contribution in [3.63, 3.8) is 0 Å². The summed E-state index contributed by atoms with van der Waals surface area (Å²) >= 11 is 1.75. The van der Waals surface area contributed by atoms with E-state index in [1.54, 1.807) is 11.3 Å². The minimum absolute atomic E-state index is 0.0607. The Morgan fingerprint density at radius 1 is 1.44 bits per heavy atom. The van der Waals surface area contributed by atoms with Crippen LogP contribution < -0.4 is 0 Å². The van der Waals surface area contributed by atoms with Gasteiger partial charge in [0.15, 0.2) is 0 Å². The number of hydrogen-bond acceptors (Lipinski definition) is 3. The smallest absolute Gasteiger partial charge is 0.104 e. The Morgan fingerprint density at radius 2 is 2.22 bits per heavy atom. The van der Waals surface area contributed by atoms with Crippen LogP contribution in [0, 0.1) is 17.8 Å². The topological polar surface area (TPSA) is 23.5 Å². The van der Waals surface area contributed by atoms with Gasteiger partial charge in [0.2, 0.25) is 0 Å². The van der Waals surface area contributed by atoms with Gasteiger partial charge >= 0.3 is 0 Å². The zero-order valence-electron chi connectivity index (χ0n) is 11.1. The van der Waals surface area contributed by atoms with Crippen molar-refractivity contribution < 1.29 is 5.11 Å². The van der Waals surface area contributed by atoms with E-state index in [4.69, 9.17) is 5.11 Å². The molecule has 3 heteroatoms. The van der Waals surface area contributed by atoms with Crippen LogP contribution in [0.2, 0.25) is 0 Å². The maximum atomic E-state index is 8.68. The highest BCUT2D eigenvalue weighted by Gasteiger charge is 2.29. The van der Waals surface area contributed by atoms with Gasteiger partial charge in [-0.1, -0.05) is 25.7 Å². The van der Waals surface area contributed by atoms with Crippen molar-refractivity contribution in [1.29, 1.82) is 0 Å². The number of rotatable bonds is 5. The SMILES string of the molecule is CC(C)CN(Cc1ccc(C#CCO)s1)C1CC1. The van der Waals surface area contributed by atoms with Crippen molar-refractivity contribution in [1.82, 2.24) is 4.90 Å². The number of hydrogen-bond donors (Lipinski definition) is 1. The van der Waals surface area contributed by atoms with Gasteiger partial charge in [0.25, 0.3) is 0 Å². The molecule has 1 heterocycles. The average molecular weight is 263 g/mol. The third-order valence-electron chi connectivity index (χ3n) is 2.97. The minimum Gasteiger partial charge on any atom is -0.384 e. The summed E-state index contributed by atoms with van der Waals surface area (Å²) in [5, 5.41) is 8.68. The summed E-state index contributed by atoms with van der Waals surface area (Å²) < 4.78 is 0. The second-order valence-electron chi connectivity index (χ2n) is 5.28. The second-order valence-corrected chi connectivity index (χ2v) is 6.45. The first kappa shape index (κ1) is 13.6. The number of aliphatic hydroxyl groups is 1. The van der Waals surface area contributed by atoms with E-state index < -0.39 is 0 Å². The van der Waals surface area contributed by atoms with Crippen LogP contribution in [-0.2, 0) is 6.54 Å². The summed E-state index contributed by atoms with van der Waals surface area (Å²) in [5.41, 5.74) is 0. The van der Waals surface area contributed by atoms with Gasteiger partial charge in [-0.15, -0.1) is 11.3 Å². The van der Waals surface area contributed by atoms with Crippen molar-refractivity contribution in [2.75, 3.05) is 13.2 Å². The van der Waals surface area contributed by atoms with Crippen LogP contribution in [0.5, 0.6) is 0 Å². The highest BCUT2D eigenvalue weighted by atomic mass is 32.1. The fraction of sp³-hybridized carbons (Fsp3) is 0.600. The number of thiophene rings is 1. The normalized spacial score (nSPS) is 14.9. The highest BCUT2D eigenvalue weighted by molar-refractivity contribution is 7.12. The molecule has 1 saturated carbocycles. The summed E-state index contributed by atoms with van der Waals surface area (Å²) in [6, 6.07) is 5.03. The lowest BCUT2D eigenvalue weighted by Gasteiger charge is -2.23. The molecule has 0 unspecified atom stereocenters. The van der Waals surface area contributed by atoms with Gasteiger partial charge in [-0.3, -0.25) is 4.90 Å². The molecule has 0 saturated heterocycles. The maximum absolute atomic E-state index is 8.68. The van der Waals surface area contributed by atoms with Crippen LogP contribution in [0.15, 0.2) is 12.1 Å². The lowest BCUT2D eigenvalue weighted by atomic mass is 10.2. The van der Waals surface area contributed by atoms with Crippen molar-refractivity contribution in [2.45, 2.75) is 39.3 Å². The van der Waals surface area contributed by atoms with Crippen molar-refractivity contribution in [2.24, 2.45) is 5.92 Å². The number of aliphatic hydroxyl groups excluding tert-OH is 1. The lowest BCUT2D eigenvalue weighted by Crippen LogP contribution is -2.29. The molecule has 1 aromatic heterocycles. The van der Waals surface area contributed by atoms with Crippen LogP contribution in [0.4, 0.5) is 0 Å². The quantitative estimate of drug-likeness (QED) is 0.826. The summed E-state index contributed by atoms with van der Waals surface area (Å²) in [6.07, 6.45) is 2.71. The second kappa shape index (κ2) is 6.38. The van der Waals surface area contributed by atoms with Crippen molar-refractivity contribution >= 4 is 11.3 Å². The van der Waals surface area contributed by atoms with Crippen LogP contribution in [0.25, 0.3) is 0 Å². The summed E-state index contributed by atoms with van der Waals surface area (Å²) in [7, 11) is 0. The molecule has 0 aliphatic heterocycles. The Morgan fingerprint density at radius 3 is 2.83 bits per heavy atom. The Kier molecular flexibility index (Phi) is 4.82. The third-order valence-corrected chi connectivity index (χ3v) is 3.96. The molecule has 0 bridgehead atoms. The fourth-order valence-corrected chi connectivity index (χ4v) is 3.02. The molecule has 2 rings (SSSR count). The monoisotopic (exact) mass is 263 g/mol. The molecule has 1 aliphatic carbocycles. The largest absolute Gasteiger partial charge is 0.384 e. The third kappa shape index (κ3) is 4.13. The first-order chi connectivity index (χ1) is 8.69. The van der Waals surface area contributed by atoms with E-state index in [2.05, 4.69) is 42.7 Å². The highest BCUT2D eigenvalue weighted by Crippen LogP contribution is 2.30. The molecule has 0 aromatic carbocycles. The molecule has 1 aromatic rings. The van der Waals surface area contributed by atoms with Crippen LogP contribution >= 0.6 is 11.3 Å². The first-order valence-electron chi connectivity index (χ1n) is 6.61. The molecule has 0 atom stereocenters. The van der Waals surface area contributed by atoms with Gasteiger partial charge in [0.05, 0.1) is 4.88 Å². The molecular weight excluding hydrogens is 242 g/mol. The first-order valence-corrected chi connectivity index (χ1v) is 7.43. The molecule has 0 radical (unpaired) electrons. The zero-order valence-corrected chi connectivity index (χ0v) is 12.0. The Labute approximate surface area is 114 Å². The molecule has 0 amide bonds. The van der Waals surface area contributed by atoms with E-state index >= 15 is 0 Å². The Balaban J connectivity index is 1.95. The molecule has 2 nitrogen and oxygen atoms in total. The molecule has 18 heavy (non-hydrogen) atoms. The number of nitrogens with zero attached hydrogens (tertiary/aromatic N) is 1. The van der Waals surface area contributed by atoms with Gasteiger partial charge in [-0.2, -0.15) is 0 Å². The predicted octanol–water partition coefficient (Wildman–Crippen LogP) is 2.71. The lowest BCUT2D eigenvalue weighted by molar-refractivity contribution is 0.228. The van der Waals surface area contributed by atoms with Crippen LogP contribution in [-0.4, -0.2) is 29.2 Å². The van der Waals surface area contributed by atoms with E-state index in [9.17, 15) is 0 Å². The molecule has 1 N–H and O–H groups in total. The van der Waals surface area contributed by atoms with Gasteiger partial charge in [-0.05, 0) is 30.9 Å². The van der Waals surface area contributed by atoms with E-state index in [0.717, 1.165) is 23.4 Å². The average Bonchev–Trinajstić information content (AvgIpc) is 3.07. The predicted molar refractivity (Wildman–Crippen MR) is 76.6 cm³/mol. The fourth-order valence-electron chi connectivity index (χ4n) is 2.11. The molecule has 1 aliphatic rings. The van der Waals surface area contributed by atoms with Gasteiger partial charge in [0.1, 0.15) is 6.61 Å². The van der Waals surface area contributed by atoms with E-state index in [1.165, 1.54) is 24.3 Å². The summed E-state index contributed by atoms with van der Waals surface area (Å²) in [5.74, 6) is 6.40. The van der Waals surface area contributed by atoms with Crippen LogP contribution in [0.1, 0.15) is 36.4 Å². The Hall–Kier alpha value is -0.820. The van der Waals surface area contributed by atoms with Gasteiger partial charge in [-0.25, -0.2) is 0 Å². The van der Waals surface area contributed by atoms with E-state index in [-0.39, 0.29) is 6.61 Å². The summed E-state index contributed by atoms with van der Waals surface area (Å²) in [4.78, 5) is 5.03. The van der Waals surface area contributed by atoms with Gasteiger partial charge in [0, 0.05) is 24.0 Å². The van der Waals surface area contributed by atoms with Crippen LogP contribution in [0.3, 0.4) is 0 Å². The minimum atomic E-state index is -0.0607. The molecule has 0 spiro atoms. The van der Waals surface area contributed by atoms with Crippen molar-refractivity contribution in [3.8, 4) is 11.8 Å². The summed E-state index contributed by atoms with van der Waals surface area (Å²) in [6.45, 7) is 6.73. The van der Waals surface area contributed by atoms with E-state index in [1.807, 2.05) is 0 Å². The maximum Gasteiger partial charge on any atom is 0.104 e. The van der Waals surface area contributed by atoms with Gasteiger partial charge < -0.3 is 5.11 Å². The van der Waals surface area contributed by atoms with E-state index in [0.29, 0.717) is 0 Å². The zero-order chi connectivity index (χ0) is 13.0.